The lowest BCUT2D eigenvalue weighted by Gasteiger charge is -2.07. The Bertz CT molecular complexity index is 614. The second kappa shape index (κ2) is 4.17. The van der Waals surface area contributed by atoms with Crippen LogP contribution in [0.5, 0.6) is 0 Å². The molecule has 0 atom stereocenters. The second-order valence-electron chi connectivity index (χ2n) is 3.85. The van der Waals surface area contributed by atoms with Crippen molar-refractivity contribution in [3.63, 3.8) is 0 Å². The van der Waals surface area contributed by atoms with Crippen LogP contribution in [0.25, 0.3) is 5.69 Å². The van der Waals surface area contributed by atoms with E-state index in [2.05, 4.69) is 5.10 Å². The zero-order valence-corrected chi connectivity index (χ0v) is 9.65. The van der Waals surface area contributed by atoms with E-state index in [0.717, 1.165) is 4.68 Å². The quantitative estimate of drug-likeness (QED) is 0.610. The monoisotopic (exact) mass is 253 g/mol. The molecule has 1 heterocycles. The van der Waals surface area contributed by atoms with Crippen LogP contribution in [0, 0.1) is 35.6 Å². The van der Waals surface area contributed by atoms with Crippen molar-refractivity contribution in [3.8, 4) is 5.69 Å². The van der Waals surface area contributed by atoms with Gasteiger partial charge in [-0.3, -0.25) is 10.1 Å². The number of hydrogen-bond acceptors (Lipinski definition) is 3. The fourth-order valence-corrected chi connectivity index (χ4v) is 1.72. The molecule has 0 saturated carbocycles. The van der Waals surface area contributed by atoms with Crippen molar-refractivity contribution in [1.82, 2.24) is 9.78 Å². The van der Waals surface area contributed by atoms with E-state index in [-0.39, 0.29) is 0 Å². The number of aryl methyl sites for hydroxylation is 2. The molecule has 2 aromatic rings. The number of non-ortho nitro benzene ring substituents is 1. The van der Waals surface area contributed by atoms with E-state index in [1.807, 2.05) is 0 Å². The fraction of sp³-hybridized carbons (Fsp3) is 0.182. The summed E-state index contributed by atoms with van der Waals surface area (Å²) in [5.41, 5.74) is 0.102. The maximum Gasteiger partial charge on any atom is 0.275 e. The van der Waals surface area contributed by atoms with Crippen LogP contribution in [0.4, 0.5) is 14.5 Å². The van der Waals surface area contributed by atoms with Gasteiger partial charge in [0.15, 0.2) is 11.6 Å². The van der Waals surface area contributed by atoms with E-state index < -0.39 is 27.9 Å². The summed E-state index contributed by atoms with van der Waals surface area (Å²) in [5, 5.41) is 14.4. The van der Waals surface area contributed by atoms with E-state index in [1.54, 1.807) is 19.9 Å². The summed E-state index contributed by atoms with van der Waals surface area (Å²) in [6, 6.07) is 3.00. The molecule has 0 aliphatic rings. The molecule has 0 radical (unpaired) electrons. The van der Waals surface area contributed by atoms with Crippen molar-refractivity contribution in [2.24, 2.45) is 0 Å². The largest absolute Gasteiger partial charge is 0.275 e. The number of aromatic nitrogens is 2. The van der Waals surface area contributed by atoms with Crippen LogP contribution in [0.3, 0.4) is 0 Å². The Hall–Kier alpha value is -2.31. The highest BCUT2D eigenvalue weighted by atomic mass is 19.1. The Morgan fingerprint density at radius 3 is 2.17 bits per heavy atom. The minimum atomic E-state index is -1.02. The fourth-order valence-electron chi connectivity index (χ4n) is 1.72. The van der Waals surface area contributed by atoms with Gasteiger partial charge < -0.3 is 0 Å². The Kier molecular flexibility index (Phi) is 2.82. The summed E-state index contributed by atoms with van der Waals surface area (Å²) in [6.45, 7) is 3.32. The average molecular weight is 253 g/mol. The second-order valence-corrected chi connectivity index (χ2v) is 3.85. The molecule has 5 nitrogen and oxygen atoms in total. The molecule has 0 spiro atoms. The summed E-state index contributed by atoms with van der Waals surface area (Å²) in [7, 11) is 0. The van der Waals surface area contributed by atoms with E-state index in [0.29, 0.717) is 23.5 Å². The molecule has 1 aromatic carbocycles. The minimum absolute atomic E-state index is 0.411. The number of nitrogens with zero attached hydrogens (tertiary/aromatic N) is 3. The van der Waals surface area contributed by atoms with Gasteiger partial charge in [-0.1, -0.05) is 0 Å². The van der Waals surface area contributed by atoms with Gasteiger partial charge in [0.1, 0.15) is 5.69 Å². The molecule has 0 aliphatic heterocycles. The van der Waals surface area contributed by atoms with Crippen molar-refractivity contribution in [3.05, 3.63) is 51.3 Å². The first-order chi connectivity index (χ1) is 8.40. The summed E-state index contributed by atoms with van der Waals surface area (Å²) < 4.78 is 28.6. The van der Waals surface area contributed by atoms with Crippen LogP contribution in [0.15, 0.2) is 18.2 Å². The molecular weight excluding hydrogens is 244 g/mol. The Labute approximate surface area is 101 Å². The predicted molar refractivity (Wildman–Crippen MR) is 59.6 cm³/mol. The number of benzene rings is 1. The van der Waals surface area contributed by atoms with Crippen molar-refractivity contribution < 1.29 is 13.7 Å². The Balaban J connectivity index is 2.66. The summed E-state index contributed by atoms with van der Waals surface area (Å²) in [4.78, 5) is 9.62. The molecule has 0 unspecified atom stereocenters. The number of nitro benzene ring substituents is 1. The molecule has 0 aliphatic carbocycles. The maximum absolute atomic E-state index is 13.7. The molecule has 7 heteroatoms. The molecule has 0 saturated heterocycles. The third-order valence-electron chi connectivity index (χ3n) is 2.43. The number of rotatable bonds is 2. The van der Waals surface area contributed by atoms with Crippen molar-refractivity contribution in [2.45, 2.75) is 13.8 Å². The van der Waals surface area contributed by atoms with E-state index in [4.69, 9.17) is 0 Å². The van der Waals surface area contributed by atoms with E-state index in [9.17, 15) is 18.9 Å². The normalized spacial score (nSPS) is 10.7. The first-order valence-corrected chi connectivity index (χ1v) is 5.07. The summed E-state index contributed by atoms with van der Waals surface area (Å²) in [6.07, 6.45) is 0. The third-order valence-corrected chi connectivity index (χ3v) is 2.43. The van der Waals surface area contributed by atoms with Crippen LogP contribution in [0.2, 0.25) is 0 Å². The zero-order chi connectivity index (χ0) is 13.4. The molecular formula is C11H9F2N3O2. The average Bonchev–Trinajstić information content (AvgIpc) is 2.56. The molecule has 0 fully saturated rings. The standard InChI is InChI=1S/C11H9F2N3O2/c1-6-3-7(2)15(14-6)11-9(12)4-8(16(17)18)5-10(11)13/h3-5H,1-2H3. The lowest BCUT2D eigenvalue weighted by molar-refractivity contribution is -0.385. The van der Waals surface area contributed by atoms with Crippen molar-refractivity contribution >= 4 is 5.69 Å². The number of halogens is 2. The summed E-state index contributed by atoms with van der Waals surface area (Å²) in [5.74, 6) is -2.04. The van der Waals surface area contributed by atoms with Gasteiger partial charge in [0.05, 0.1) is 22.7 Å². The SMILES string of the molecule is Cc1cc(C)n(-c2c(F)cc([N+](=O)[O-])cc2F)n1. The van der Waals surface area contributed by atoms with Gasteiger partial charge in [0.25, 0.3) is 5.69 Å². The van der Waals surface area contributed by atoms with Crippen LogP contribution in [0.1, 0.15) is 11.4 Å². The van der Waals surface area contributed by atoms with Gasteiger partial charge in [0, 0.05) is 5.69 Å². The van der Waals surface area contributed by atoms with Gasteiger partial charge in [-0.25, -0.2) is 13.5 Å². The van der Waals surface area contributed by atoms with Crippen molar-refractivity contribution in [2.75, 3.05) is 0 Å². The highest BCUT2D eigenvalue weighted by molar-refractivity contribution is 5.44. The van der Waals surface area contributed by atoms with Crippen molar-refractivity contribution in [1.29, 1.82) is 0 Å². The maximum atomic E-state index is 13.7. The predicted octanol–water partition coefficient (Wildman–Crippen LogP) is 2.68. The molecule has 0 bridgehead atoms. The lowest BCUT2D eigenvalue weighted by atomic mass is 10.2. The molecule has 18 heavy (non-hydrogen) atoms. The van der Waals surface area contributed by atoms with Gasteiger partial charge in [-0.05, 0) is 19.9 Å². The molecule has 0 amide bonds. The van der Waals surface area contributed by atoms with Crippen LogP contribution < -0.4 is 0 Å². The highest BCUT2D eigenvalue weighted by Gasteiger charge is 2.20. The minimum Gasteiger partial charge on any atom is -0.258 e. The lowest BCUT2D eigenvalue weighted by Crippen LogP contribution is -2.06. The number of hydrogen-bond donors (Lipinski definition) is 0. The third kappa shape index (κ3) is 1.94. The van der Waals surface area contributed by atoms with Gasteiger partial charge in [-0.15, -0.1) is 0 Å². The molecule has 94 valence electrons. The molecule has 0 N–H and O–H groups in total. The highest BCUT2D eigenvalue weighted by Crippen LogP contribution is 2.24. The Morgan fingerprint density at radius 1 is 1.22 bits per heavy atom. The smallest absolute Gasteiger partial charge is 0.258 e. The molecule has 1 aromatic heterocycles. The number of nitro groups is 1. The van der Waals surface area contributed by atoms with Crippen LogP contribution in [-0.4, -0.2) is 14.7 Å². The van der Waals surface area contributed by atoms with Crippen LogP contribution in [-0.2, 0) is 0 Å². The van der Waals surface area contributed by atoms with Gasteiger partial charge in [-0.2, -0.15) is 5.10 Å². The van der Waals surface area contributed by atoms with E-state index in [1.165, 1.54) is 0 Å². The topological polar surface area (TPSA) is 61.0 Å². The first kappa shape index (κ1) is 12.2. The Morgan fingerprint density at radius 2 is 1.78 bits per heavy atom. The first-order valence-electron chi connectivity index (χ1n) is 5.07. The molecule has 2 rings (SSSR count). The van der Waals surface area contributed by atoms with Gasteiger partial charge in [0.2, 0.25) is 0 Å². The van der Waals surface area contributed by atoms with E-state index >= 15 is 0 Å². The van der Waals surface area contributed by atoms with Crippen LogP contribution >= 0.6 is 0 Å². The summed E-state index contributed by atoms with van der Waals surface area (Å²) >= 11 is 0. The zero-order valence-electron chi connectivity index (χ0n) is 9.65. The van der Waals surface area contributed by atoms with Gasteiger partial charge >= 0.3 is 0 Å².